The average Bonchev–Trinajstić information content (AvgIpc) is 3.31. The van der Waals surface area contributed by atoms with Crippen molar-refractivity contribution >= 4 is 16.8 Å². The van der Waals surface area contributed by atoms with E-state index in [2.05, 4.69) is 40.6 Å². The highest BCUT2D eigenvalue weighted by Gasteiger charge is 2.23. The fourth-order valence-corrected chi connectivity index (χ4v) is 3.53. The fourth-order valence-electron chi connectivity index (χ4n) is 3.53. The number of hydrogen-bond donors (Lipinski definition) is 2. The molecule has 0 atom stereocenters. The van der Waals surface area contributed by atoms with Gasteiger partial charge >= 0.3 is 0 Å². The van der Waals surface area contributed by atoms with Crippen LogP contribution >= 0.6 is 0 Å². The highest BCUT2D eigenvalue weighted by molar-refractivity contribution is 5.93. The first-order valence-corrected chi connectivity index (χ1v) is 8.91. The third kappa shape index (κ3) is 3.61. The average molecular weight is 337 g/mol. The van der Waals surface area contributed by atoms with Gasteiger partial charge in [-0.05, 0) is 42.8 Å². The lowest BCUT2D eigenvalue weighted by Gasteiger charge is -2.32. The number of likely N-dealkylation sites (tertiary alicyclic amines) is 1. The maximum atomic E-state index is 12.3. The zero-order chi connectivity index (χ0) is 17.1. The molecule has 0 saturated carbocycles. The number of benzene rings is 1. The molecule has 25 heavy (non-hydrogen) atoms. The number of rotatable bonds is 5. The molecule has 130 valence electrons. The summed E-state index contributed by atoms with van der Waals surface area (Å²) in [6.07, 6.45) is 6.05. The first-order chi connectivity index (χ1) is 12.3. The monoisotopic (exact) mass is 337 g/mol. The summed E-state index contributed by atoms with van der Waals surface area (Å²) < 4.78 is 5.00. The van der Waals surface area contributed by atoms with E-state index < -0.39 is 0 Å². The van der Waals surface area contributed by atoms with Crippen LogP contribution in [0.25, 0.3) is 10.9 Å². The molecule has 0 bridgehead atoms. The van der Waals surface area contributed by atoms with Gasteiger partial charge in [-0.2, -0.15) is 0 Å². The van der Waals surface area contributed by atoms with E-state index >= 15 is 0 Å². The molecule has 0 aliphatic carbocycles. The summed E-state index contributed by atoms with van der Waals surface area (Å²) in [5.41, 5.74) is 3.11. The van der Waals surface area contributed by atoms with E-state index in [0.717, 1.165) is 38.9 Å². The van der Waals surface area contributed by atoms with Gasteiger partial charge in [0.25, 0.3) is 5.91 Å². The van der Waals surface area contributed by atoms with Gasteiger partial charge in [0, 0.05) is 36.9 Å². The molecule has 1 aliphatic heterocycles. The number of para-hydroxylation sites is 1. The second-order valence-electron chi connectivity index (χ2n) is 6.66. The number of piperidine rings is 1. The summed E-state index contributed by atoms with van der Waals surface area (Å²) in [4.78, 5) is 17.7. The van der Waals surface area contributed by atoms with Crippen LogP contribution in [0.5, 0.6) is 0 Å². The van der Waals surface area contributed by atoms with Crippen molar-refractivity contribution in [3.8, 4) is 0 Å². The number of hydrogen-bond acceptors (Lipinski definition) is 3. The van der Waals surface area contributed by atoms with Crippen molar-refractivity contribution in [2.75, 3.05) is 19.6 Å². The van der Waals surface area contributed by atoms with Crippen LogP contribution in [-0.4, -0.2) is 41.5 Å². The quantitative estimate of drug-likeness (QED) is 0.751. The van der Waals surface area contributed by atoms with Crippen molar-refractivity contribution in [1.82, 2.24) is 15.2 Å². The fraction of sp³-hybridized carbons (Fsp3) is 0.350. The Balaban J connectivity index is 1.23. The lowest BCUT2D eigenvalue weighted by atomic mass is 10.0. The number of aromatic amines is 1. The van der Waals surface area contributed by atoms with Crippen molar-refractivity contribution in [2.45, 2.75) is 25.3 Å². The first-order valence-electron chi connectivity index (χ1n) is 8.91. The second kappa shape index (κ2) is 7.15. The van der Waals surface area contributed by atoms with Gasteiger partial charge in [-0.1, -0.05) is 18.2 Å². The third-order valence-corrected chi connectivity index (χ3v) is 4.96. The molecule has 5 heteroatoms. The van der Waals surface area contributed by atoms with Crippen molar-refractivity contribution in [3.05, 3.63) is 60.2 Å². The molecule has 3 aromatic rings. The number of carbonyl (C=O) groups excluding carboxylic acids is 1. The van der Waals surface area contributed by atoms with Crippen molar-refractivity contribution in [2.24, 2.45) is 0 Å². The van der Waals surface area contributed by atoms with Gasteiger partial charge in [-0.15, -0.1) is 0 Å². The molecule has 2 aromatic heterocycles. The van der Waals surface area contributed by atoms with Crippen LogP contribution in [0.15, 0.2) is 53.3 Å². The Bertz CT molecular complexity index is 797. The SMILES string of the molecule is O=C(c1ccoc1)N1CCC(NCCc2cc3ccccc3[nH]2)CC1. The molecule has 4 rings (SSSR count). The molecule has 1 aromatic carbocycles. The van der Waals surface area contributed by atoms with E-state index in [0.29, 0.717) is 11.6 Å². The molecule has 1 amide bonds. The number of carbonyl (C=O) groups is 1. The lowest BCUT2D eigenvalue weighted by Crippen LogP contribution is -2.45. The van der Waals surface area contributed by atoms with Crippen molar-refractivity contribution in [1.29, 1.82) is 0 Å². The third-order valence-electron chi connectivity index (χ3n) is 4.96. The molecule has 5 nitrogen and oxygen atoms in total. The highest BCUT2D eigenvalue weighted by Crippen LogP contribution is 2.16. The molecule has 0 radical (unpaired) electrons. The van der Waals surface area contributed by atoms with Crippen molar-refractivity contribution in [3.63, 3.8) is 0 Å². The Hall–Kier alpha value is -2.53. The van der Waals surface area contributed by atoms with Crippen LogP contribution in [-0.2, 0) is 6.42 Å². The van der Waals surface area contributed by atoms with E-state index in [9.17, 15) is 4.79 Å². The summed E-state index contributed by atoms with van der Waals surface area (Å²) in [5.74, 6) is 0.0743. The number of nitrogens with zero attached hydrogens (tertiary/aromatic N) is 1. The van der Waals surface area contributed by atoms with Crippen LogP contribution < -0.4 is 5.32 Å². The Morgan fingerprint density at radius 3 is 2.84 bits per heavy atom. The standard InChI is InChI=1S/C20H23N3O2/c24-20(16-8-12-25-14-16)23-10-6-17(7-11-23)21-9-5-18-13-15-3-1-2-4-19(15)22-18/h1-4,8,12-14,17,21-22H,5-7,9-11H2. The Labute approximate surface area is 147 Å². The summed E-state index contributed by atoms with van der Waals surface area (Å²) in [6, 6.07) is 12.8. The Kier molecular flexibility index (Phi) is 4.57. The highest BCUT2D eigenvalue weighted by atomic mass is 16.3. The number of aromatic nitrogens is 1. The summed E-state index contributed by atoms with van der Waals surface area (Å²) in [6.45, 7) is 2.55. The van der Waals surface area contributed by atoms with Crippen LogP contribution in [0, 0.1) is 0 Å². The topological polar surface area (TPSA) is 61.3 Å². The maximum Gasteiger partial charge on any atom is 0.257 e. The zero-order valence-electron chi connectivity index (χ0n) is 14.2. The Morgan fingerprint density at radius 1 is 1.24 bits per heavy atom. The summed E-state index contributed by atoms with van der Waals surface area (Å²) >= 11 is 0. The number of amides is 1. The number of furan rings is 1. The molecule has 1 saturated heterocycles. The molecule has 0 spiro atoms. The predicted octanol–water partition coefficient (Wildman–Crippen LogP) is 3.20. The minimum Gasteiger partial charge on any atom is -0.472 e. The van der Waals surface area contributed by atoms with E-state index in [1.54, 1.807) is 12.3 Å². The van der Waals surface area contributed by atoms with Gasteiger partial charge in [0.15, 0.2) is 0 Å². The van der Waals surface area contributed by atoms with Crippen molar-refractivity contribution < 1.29 is 9.21 Å². The van der Waals surface area contributed by atoms with Gasteiger partial charge in [0.05, 0.1) is 11.8 Å². The van der Waals surface area contributed by atoms with E-state index in [-0.39, 0.29) is 5.91 Å². The van der Waals surface area contributed by atoms with Gasteiger partial charge in [0.1, 0.15) is 6.26 Å². The molecule has 2 N–H and O–H groups in total. The van der Waals surface area contributed by atoms with Crippen LogP contribution in [0.4, 0.5) is 0 Å². The normalized spacial score (nSPS) is 15.8. The number of nitrogens with one attached hydrogen (secondary N) is 2. The van der Waals surface area contributed by atoms with E-state index in [1.165, 1.54) is 22.9 Å². The van der Waals surface area contributed by atoms with E-state index in [1.807, 2.05) is 4.90 Å². The van der Waals surface area contributed by atoms with Gasteiger partial charge in [0.2, 0.25) is 0 Å². The van der Waals surface area contributed by atoms with Gasteiger partial charge in [-0.3, -0.25) is 4.79 Å². The van der Waals surface area contributed by atoms with Crippen LogP contribution in [0.2, 0.25) is 0 Å². The first kappa shape index (κ1) is 16.0. The molecule has 3 heterocycles. The number of fused-ring (bicyclic) bond motifs is 1. The van der Waals surface area contributed by atoms with E-state index in [4.69, 9.17) is 4.42 Å². The second-order valence-corrected chi connectivity index (χ2v) is 6.66. The minimum atomic E-state index is 0.0743. The lowest BCUT2D eigenvalue weighted by molar-refractivity contribution is 0.0705. The van der Waals surface area contributed by atoms with Gasteiger partial charge in [-0.25, -0.2) is 0 Å². The largest absolute Gasteiger partial charge is 0.472 e. The molecular formula is C20H23N3O2. The zero-order valence-corrected chi connectivity index (χ0v) is 14.2. The number of H-pyrrole nitrogens is 1. The van der Waals surface area contributed by atoms with Crippen LogP contribution in [0.3, 0.4) is 0 Å². The maximum absolute atomic E-state index is 12.3. The molecular weight excluding hydrogens is 314 g/mol. The summed E-state index contributed by atoms with van der Waals surface area (Å²) in [5, 5.41) is 4.90. The summed E-state index contributed by atoms with van der Waals surface area (Å²) in [7, 11) is 0. The molecule has 1 fully saturated rings. The van der Waals surface area contributed by atoms with Gasteiger partial charge < -0.3 is 19.6 Å². The Morgan fingerprint density at radius 2 is 2.08 bits per heavy atom. The molecule has 1 aliphatic rings. The minimum absolute atomic E-state index is 0.0743. The van der Waals surface area contributed by atoms with Crippen LogP contribution in [0.1, 0.15) is 28.9 Å². The molecule has 0 unspecified atom stereocenters. The predicted molar refractivity (Wildman–Crippen MR) is 97.6 cm³/mol. The smallest absolute Gasteiger partial charge is 0.257 e.